The summed E-state index contributed by atoms with van der Waals surface area (Å²) < 4.78 is 1.82. The van der Waals surface area contributed by atoms with Crippen LogP contribution in [-0.2, 0) is 17.8 Å². The monoisotopic (exact) mass is 223 g/mol. The normalized spacial score (nSPS) is 19.5. The van der Waals surface area contributed by atoms with Gasteiger partial charge in [-0.3, -0.25) is 9.48 Å². The van der Waals surface area contributed by atoms with Gasteiger partial charge in [0.2, 0.25) is 0 Å². The number of aliphatic carboxylic acids is 1. The van der Waals surface area contributed by atoms with E-state index in [2.05, 4.69) is 5.10 Å². The molecule has 1 unspecified atom stereocenters. The van der Waals surface area contributed by atoms with Crippen molar-refractivity contribution in [2.45, 2.75) is 45.2 Å². The summed E-state index contributed by atoms with van der Waals surface area (Å²) in [5, 5.41) is 13.1. The van der Waals surface area contributed by atoms with E-state index >= 15 is 0 Å². The van der Waals surface area contributed by atoms with Gasteiger partial charge < -0.3 is 10.8 Å². The van der Waals surface area contributed by atoms with E-state index in [4.69, 9.17) is 10.8 Å². The van der Waals surface area contributed by atoms with Crippen molar-refractivity contribution < 1.29 is 9.90 Å². The second kappa shape index (κ2) is 4.25. The number of nitrogens with two attached hydrogens (primary N) is 1. The number of carboxylic acid groups (broad SMARTS) is 1. The summed E-state index contributed by atoms with van der Waals surface area (Å²) >= 11 is 0. The molecule has 2 rings (SSSR count). The number of hydrogen-bond acceptors (Lipinski definition) is 3. The molecule has 1 aromatic heterocycles. The number of aryl methyl sites for hydroxylation is 2. The summed E-state index contributed by atoms with van der Waals surface area (Å²) in [6.07, 6.45) is 3.14. The second-order valence-electron chi connectivity index (χ2n) is 4.31. The lowest BCUT2D eigenvalue weighted by atomic mass is 9.92. The van der Waals surface area contributed by atoms with Crippen molar-refractivity contribution in [3.8, 4) is 0 Å². The Morgan fingerprint density at radius 3 is 3.12 bits per heavy atom. The van der Waals surface area contributed by atoms with Crippen molar-refractivity contribution in [1.82, 2.24) is 9.78 Å². The standard InChI is InChI=1S/C11H17N3O2/c1-7-11-8(12)3-2-4-9(11)14(13-7)6-5-10(15)16/h8H,2-6,12H2,1H3,(H,15,16). The van der Waals surface area contributed by atoms with Crippen LogP contribution in [0.15, 0.2) is 0 Å². The number of nitrogens with zero attached hydrogens (tertiary/aromatic N) is 2. The first kappa shape index (κ1) is 11.1. The molecule has 5 nitrogen and oxygen atoms in total. The molecule has 3 N–H and O–H groups in total. The van der Waals surface area contributed by atoms with E-state index in [1.807, 2.05) is 11.6 Å². The first-order valence-corrected chi connectivity index (χ1v) is 5.63. The largest absolute Gasteiger partial charge is 0.481 e. The van der Waals surface area contributed by atoms with Crippen LogP contribution in [0.5, 0.6) is 0 Å². The number of hydrogen-bond donors (Lipinski definition) is 2. The van der Waals surface area contributed by atoms with Gasteiger partial charge in [-0.25, -0.2) is 0 Å². The lowest BCUT2D eigenvalue weighted by molar-refractivity contribution is -0.137. The Morgan fingerprint density at radius 1 is 1.69 bits per heavy atom. The summed E-state index contributed by atoms with van der Waals surface area (Å²) in [5.41, 5.74) is 9.27. The highest BCUT2D eigenvalue weighted by Crippen LogP contribution is 2.30. The van der Waals surface area contributed by atoms with Crippen molar-refractivity contribution in [3.05, 3.63) is 17.0 Å². The van der Waals surface area contributed by atoms with Crippen LogP contribution in [0.2, 0.25) is 0 Å². The average molecular weight is 223 g/mol. The Bertz CT molecular complexity index is 412. The molecule has 0 amide bonds. The summed E-state index contributed by atoms with van der Waals surface area (Å²) in [4.78, 5) is 10.5. The fourth-order valence-electron chi connectivity index (χ4n) is 2.41. The molecule has 1 aromatic rings. The minimum atomic E-state index is -0.790. The quantitative estimate of drug-likeness (QED) is 0.801. The molecule has 5 heteroatoms. The third-order valence-electron chi connectivity index (χ3n) is 3.12. The van der Waals surface area contributed by atoms with Gasteiger partial charge in [-0.2, -0.15) is 5.10 Å². The zero-order valence-corrected chi connectivity index (χ0v) is 9.44. The minimum absolute atomic E-state index is 0.0716. The molecule has 0 aromatic carbocycles. The number of aromatic nitrogens is 2. The molecular formula is C11H17N3O2. The predicted octanol–water partition coefficient (Wildman–Crippen LogP) is 1.00. The van der Waals surface area contributed by atoms with Crippen LogP contribution in [0.4, 0.5) is 0 Å². The number of rotatable bonds is 3. The third-order valence-corrected chi connectivity index (χ3v) is 3.12. The van der Waals surface area contributed by atoms with Gasteiger partial charge >= 0.3 is 5.97 Å². The maximum absolute atomic E-state index is 10.5. The Hall–Kier alpha value is -1.36. The topological polar surface area (TPSA) is 81.1 Å². The molecule has 16 heavy (non-hydrogen) atoms. The lowest BCUT2D eigenvalue weighted by Gasteiger charge is -2.20. The molecular weight excluding hydrogens is 206 g/mol. The summed E-state index contributed by atoms with van der Waals surface area (Å²) in [5.74, 6) is -0.790. The predicted molar refractivity (Wildman–Crippen MR) is 59.1 cm³/mol. The van der Waals surface area contributed by atoms with E-state index in [0.717, 1.165) is 36.2 Å². The molecule has 0 saturated carbocycles. The minimum Gasteiger partial charge on any atom is -0.481 e. The van der Waals surface area contributed by atoms with Crippen molar-refractivity contribution in [3.63, 3.8) is 0 Å². The van der Waals surface area contributed by atoms with Crippen LogP contribution in [0.1, 0.15) is 42.3 Å². The van der Waals surface area contributed by atoms with Gasteiger partial charge in [0, 0.05) is 17.3 Å². The van der Waals surface area contributed by atoms with E-state index in [1.165, 1.54) is 0 Å². The molecule has 0 fully saturated rings. The van der Waals surface area contributed by atoms with E-state index in [0.29, 0.717) is 6.54 Å². The Morgan fingerprint density at radius 2 is 2.44 bits per heavy atom. The fourth-order valence-corrected chi connectivity index (χ4v) is 2.41. The molecule has 1 aliphatic carbocycles. The van der Waals surface area contributed by atoms with Crippen molar-refractivity contribution >= 4 is 5.97 Å². The lowest BCUT2D eigenvalue weighted by Crippen LogP contribution is -2.19. The van der Waals surface area contributed by atoms with Crippen molar-refractivity contribution in [1.29, 1.82) is 0 Å². The van der Waals surface area contributed by atoms with Gasteiger partial charge in [-0.15, -0.1) is 0 Å². The zero-order valence-electron chi connectivity index (χ0n) is 9.44. The first-order valence-electron chi connectivity index (χ1n) is 5.63. The molecule has 0 radical (unpaired) electrons. The van der Waals surface area contributed by atoms with Crippen LogP contribution in [0, 0.1) is 6.92 Å². The van der Waals surface area contributed by atoms with Gasteiger partial charge in [-0.05, 0) is 26.2 Å². The number of carbonyl (C=O) groups is 1. The van der Waals surface area contributed by atoms with E-state index in [-0.39, 0.29) is 12.5 Å². The third kappa shape index (κ3) is 1.95. The van der Waals surface area contributed by atoms with Gasteiger partial charge in [0.15, 0.2) is 0 Å². The van der Waals surface area contributed by atoms with Gasteiger partial charge in [0.05, 0.1) is 18.7 Å². The Kier molecular flexibility index (Phi) is 2.96. The van der Waals surface area contributed by atoms with Crippen LogP contribution in [-0.4, -0.2) is 20.9 Å². The van der Waals surface area contributed by atoms with E-state index < -0.39 is 5.97 Å². The van der Waals surface area contributed by atoms with Gasteiger partial charge in [-0.1, -0.05) is 0 Å². The molecule has 0 aliphatic heterocycles. The number of fused-ring (bicyclic) bond motifs is 1. The van der Waals surface area contributed by atoms with Crippen molar-refractivity contribution in [2.75, 3.05) is 0 Å². The summed E-state index contributed by atoms with van der Waals surface area (Å²) in [6, 6.07) is 0.0716. The smallest absolute Gasteiger partial charge is 0.305 e. The maximum Gasteiger partial charge on any atom is 0.305 e. The van der Waals surface area contributed by atoms with Gasteiger partial charge in [0.25, 0.3) is 0 Å². The molecule has 88 valence electrons. The SMILES string of the molecule is Cc1nn(CCC(=O)O)c2c1C(N)CCC2. The molecule has 1 aliphatic rings. The molecule has 0 spiro atoms. The summed E-state index contributed by atoms with van der Waals surface area (Å²) in [6.45, 7) is 2.39. The van der Waals surface area contributed by atoms with Crippen LogP contribution in [0.25, 0.3) is 0 Å². The maximum atomic E-state index is 10.5. The second-order valence-corrected chi connectivity index (χ2v) is 4.31. The van der Waals surface area contributed by atoms with Crippen LogP contribution >= 0.6 is 0 Å². The first-order chi connectivity index (χ1) is 7.59. The van der Waals surface area contributed by atoms with E-state index in [9.17, 15) is 4.79 Å². The Balaban J connectivity index is 2.26. The highest BCUT2D eigenvalue weighted by Gasteiger charge is 2.24. The highest BCUT2D eigenvalue weighted by molar-refractivity contribution is 5.66. The molecule has 1 atom stereocenters. The zero-order chi connectivity index (χ0) is 11.7. The molecule has 0 bridgehead atoms. The Labute approximate surface area is 94.2 Å². The van der Waals surface area contributed by atoms with Crippen molar-refractivity contribution in [2.24, 2.45) is 5.73 Å². The van der Waals surface area contributed by atoms with Crippen LogP contribution in [0.3, 0.4) is 0 Å². The number of carboxylic acids is 1. The van der Waals surface area contributed by atoms with Gasteiger partial charge in [0.1, 0.15) is 0 Å². The fraction of sp³-hybridized carbons (Fsp3) is 0.636. The molecule has 1 heterocycles. The molecule has 0 saturated heterocycles. The van der Waals surface area contributed by atoms with E-state index in [1.54, 1.807) is 0 Å². The van der Waals surface area contributed by atoms with Crippen LogP contribution < -0.4 is 5.73 Å². The highest BCUT2D eigenvalue weighted by atomic mass is 16.4. The summed E-state index contributed by atoms with van der Waals surface area (Å²) in [7, 11) is 0. The average Bonchev–Trinajstić information content (AvgIpc) is 2.54.